The summed E-state index contributed by atoms with van der Waals surface area (Å²) >= 11 is 1.37. The molecule has 1 fully saturated rings. The summed E-state index contributed by atoms with van der Waals surface area (Å²) in [6, 6.07) is 3.75. The van der Waals surface area contributed by atoms with Crippen LogP contribution in [0.2, 0.25) is 0 Å². The van der Waals surface area contributed by atoms with Crippen molar-refractivity contribution in [3.63, 3.8) is 0 Å². The van der Waals surface area contributed by atoms with Crippen LogP contribution >= 0.6 is 11.3 Å². The van der Waals surface area contributed by atoms with Gasteiger partial charge in [-0.3, -0.25) is 4.79 Å². The molecule has 0 N–H and O–H groups in total. The summed E-state index contributed by atoms with van der Waals surface area (Å²) in [5.41, 5.74) is 2.77. The minimum absolute atomic E-state index is 0.0307. The Kier molecular flexibility index (Phi) is 4.14. The van der Waals surface area contributed by atoms with Gasteiger partial charge in [-0.2, -0.15) is 9.61 Å². The number of aryl methyl sites for hydroxylation is 2. The van der Waals surface area contributed by atoms with Crippen LogP contribution in [0.25, 0.3) is 4.96 Å². The lowest BCUT2D eigenvalue weighted by Gasteiger charge is -2.08. The monoisotopic (exact) mass is 372 g/mol. The standard InChI is InChI=1S/C18H20N4O3S/c1-4-15-20-22-16(23)8-12(19-18(22)26-15)9-25-17(24)14-7-10(2)21(11(14)3)13-5-6-13/h7-8,13H,4-6,9H2,1-3H3. The number of esters is 1. The average molecular weight is 372 g/mol. The number of rotatable bonds is 5. The lowest BCUT2D eigenvalue weighted by molar-refractivity contribution is 0.0467. The molecule has 0 unspecified atom stereocenters. The molecule has 4 rings (SSSR count). The van der Waals surface area contributed by atoms with Crippen LogP contribution in [0.15, 0.2) is 16.9 Å². The van der Waals surface area contributed by atoms with Gasteiger partial charge in [0, 0.05) is 23.5 Å². The zero-order valence-corrected chi connectivity index (χ0v) is 15.8. The van der Waals surface area contributed by atoms with Crippen LogP contribution < -0.4 is 5.56 Å². The Hall–Kier alpha value is -2.48. The highest BCUT2D eigenvalue weighted by Crippen LogP contribution is 2.38. The van der Waals surface area contributed by atoms with Gasteiger partial charge in [0.2, 0.25) is 4.96 Å². The maximum atomic E-state index is 12.5. The molecule has 0 aliphatic heterocycles. The smallest absolute Gasteiger partial charge is 0.340 e. The second-order valence-electron chi connectivity index (χ2n) is 6.59. The SMILES string of the molecule is CCc1nn2c(=O)cc(COC(=O)c3cc(C)n(C4CC4)c3C)nc2s1. The van der Waals surface area contributed by atoms with Crippen molar-refractivity contribution < 1.29 is 9.53 Å². The molecule has 26 heavy (non-hydrogen) atoms. The number of aromatic nitrogens is 4. The van der Waals surface area contributed by atoms with E-state index in [0.717, 1.165) is 35.7 Å². The van der Waals surface area contributed by atoms with Crippen LogP contribution in [-0.2, 0) is 17.8 Å². The van der Waals surface area contributed by atoms with E-state index in [9.17, 15) is 9.59 Å². The van der Waals surface area contributed by atoms with E-state index in [2.05, 4.69) is 14.6 Å². The Balaban J connectivity index is 1.54. The first kappa shape index (κ1) is 17.0. The fourth-order valence-corrected chi connectivity index (χ4v) is 4.07. The number of carbonyl (C=O) groups is 1. The van der Waals surface area contributed by atoms with E-state index in [4.69, 9.17) is 4.74 Å². The number of carbonyl (C=O) groups excluding carboxylic acids is 1. The lowest BCUT2D eigenvalue weighted by Crippen LogP contribution is -2.16. The zero-order valence-electron chi connectivity index (χ0n) is 15.0. The fraction of sp³-hybridized carbons (Fsp3) is 0.444. The van der Waals surface area contributed by atoms with Gasteiger partial charge in [-0.25, -0.2) is 9.78 Å². The molecular weight excluding hydrogens is 352 g/mol. The molecule has 0 radical (unpaired) electrons. The maximum absolute atomic E-state index is 12.5. The average Bonchev–Trinajstić information content (AvgIpc) is 3.27. The van der Waals surface area contributed by atoms with Gasteiger partial charge in [0.1, 0.15) is 11.6 Å². The van der Waals surface area contributed by atoms with Gasteiger partial charge in [0.05, 0.1) is 11.3 Å². The first-order valence-corrected chi connectivity index (χ1v) is 9.53. The highest BCUT2D eigenvalue weighted by atomic mass is 32.1. The van der Waals surface area contributed by atoms with Crippen LogP contribution in [0.4, 0.5) is 0 Å². The van der Waals surface area contributed by atoms with E-state index in [1.54, 1.807) is 0 Å². The molecule has 1 aliphatic carbocycles. The van der Waals surface area contributed by atoms with Crippen LogP contribution in [0, 0.1) is 13.8 Å². The molecule has 136 valence electrons. The van der Waals surface area contributed by atoms with Gasteiger partial charge in [-0.1, -0.05) is 18.3 Å². The van der Waals surface area contributed by atoms with Crippen LogP contribution in [0.5, 0.6) is 0 Å². The summed E-state index contributed by atoms with van der Waals surface area (Å²) in [5, 5.41) is 5.05. The second-order valence-corrected chi connectivity index (χ2v) is 7.63. The molecule has 0 aromatic carbocycles. The van der Waals surface area contributed by atoms with Gasteiger partial charge < -0.3 is 9.30 Å². The molecule has 1 aliphatic rings. The summed E-state index contributed by atoms with van der Waals surface area (Å²) in [6.07, 6.45) is 3.06. The van der Waals surface area contributed by atoms with Gasteiger partial charge in [0.15, 0.2) is 0 Å². The zero-order chi connectivity index (χ0) is 18.4. The van der Waals surface area contributed by atoms with Crippen molar-refractivity contribution >= 4 is 22.3 Å². The van der Waals surface area contributed by atoms with Crippen LogP contribution in [0.1, 0.15) is 58.3 Å². The van der Waals surface area contributed by atoms with Crippen molar-refractivity contribution in [1.29, 1.82) is 0 Å². The molecule has 3 aromatic heterocycles. The Morgan fingerprint density at radius 3 is 2.81 bits per heavy atom. The minimum Gasteiger partial charge on any atom is -0.456 e. The highest BCUT2D eigenvalue weighted by molar-refractivity contribution is 7.16. The molecule has 3 aromatic rings. The van der Waals surface area contributed by atoms with Gasteiger partial charge in [-0.05, 0) is 39.2 Å². The Labute approximate surface area is 154 Å². The number of nitrogens with zero attached hydrogens (tertiary/aromatic N) is 4. The van der Waals surface area contributed by atoms with Gasteiger partial charge in [-0.15, -0.1) is 0 Å². The molecule has 0 bridgehead atoms. The summed E-state index contributed by atoms with van der Waals surface area (Å²) in [4.78, 5) is 29.6. The number of ether oxygens (including phenoxy) is 1. The first-order chi connectivity index (χ1) is 12.5. The van der Waals surface area contributed by atoms with Gasteiger partial charge in [0.25, 0.3) is 5.56 Å². The molecule has 0 amide bonds. The van der Waals surface area contributed by atoms with E-state index in [1.165, 1.54) is 21.9 Å². The van der Waals surface area contributed by atoms with Crippen molar-refractivity contribution in [2.75, 3.05) is 0 Å². The summed E-state index contributed by atoms with van der Waals surface area (Å²) in [5.74, 6) is -0.384. The third kappa shape index (κ3) is 2.94. The van der Waals surface area contributed by atoms with Gasteiger partial charge >= 0.3 is 5.97 Å². The quantitative estimate of drug-likeness (QED) is 0.644. The van der Waals surface area contributed by atoms with Crippen molar-refractivity contribution in [3.8, 4) is 0 Å². The second kappa shape index (κ2) is 6.35. The third-order valence-electron chi connectivity index (χ3n) is 4.61. The Bertz CT molecular complexity index is 1060. The minimum atomic E-state index is -0.384. The topological polar surface area (TPSA) is 78.5 Å². The summed E-state index contributed by atoms with van der Waals surface area (Å²) in [7, 11) is 0. The fourth-order valence-electron chi connectivity index (χ4n) is 3.21. The van der Waals surface area contributed by atoms with Crippen molar-refractivity contribution in [2.24, 2.45) is 0 Å². The highest BCUT2D eigenvalue weighted by Gasteiger charge is 2.28. The summed E-state index contributed by atoms with van der Waals surface area (Å²) < 4.78 is 8.92. The molecule has 0 saturated heterocycles. The molecule has 1 saturated carbocycles. The largest absolute Gasteiger partial charge is 0.456 e. The predicted molar refractivity (Wildman–Crippen MR) is 97.8 cm³/mol. The third-order valence-corrected chi connectivity index (χ3v) is 5.66. The van der Waals surface area contributed by atoms with E-state index in [-0.39, 0.29) is 18.1 Å². The molecule has 8 heteroatoms. The van der Waals surface area contributed by atoms with Crippen molar-refractivity contribution in [1.82, 2.24) is 19.2 Å². The Morgan fingerprint density at radius 1 is 1.35 bits per heavy atom. The number of hydrogen-bond acceptors (Lipinski definition) is 6. The summed E-state index contributed by atoms with van der Waals surface area (Å²) in [6.45, 7) is 5.90. The molecule has 3 heterocycles. The predicted octanol–water partition coefficient (Wildman–Crippen LogP) is 2.82. The van der Waals surface area contributed by atoms with E-state index >= 15 is 0 Å². The number of fused-ring (bicyclic) bond motifs is 1. The first-order valence-electron chi connectivity index (χ1n) is 8.72. The molecule has 7 nitrogen and oxygen atoms in total. The van der Waals surface area contributed by atoms with E-state index < -0.39 is 0 Å². The molecular formula is C18H20N4O3S. The van der Waals surface area contributed by atoms with E-state index in [0.29, 0.717) is 22.3 Å². The van der Waals surface area contributed by atoms with Crippen LogP contribution in [0.3, 0.4) is 0 Å². The van der Waals surface area contributed by atoms with E-state index in [1.807, 2.05) is 26.8 Å². The number of hydrogen-bond donors (Lipinski definition) is 0. The molecule has 0 atom stereocenters. The molecule has 0 spiro atoms. The maximum Gasteiger partial charge on any atom is 0.340 e. The van der Waals surface area contributed by atoms with Crippen molar-refractivity contribution in [3.05, 3.63) is 50.1 Å². The van der Waals surface area contributed by atoms with Crippen LogP contribution in [-0.4, -0.2) is 25.1 Å². The van der Waals surface area contributed by atoms with Crippen molar-refractivity contribution in [2.45, 2.75) is 52.7 Å². The normalized spacial score (nSPS) is 14.1. The lowest BCUT2D eigenvalue weighted by atomic mass is 10.2. The Morgan fingerprint density at radius 2 is 2.12 bits per heavy atom.